The molecular formula is C27H18ClFN4O3. The molecule has 1 unspecified atom stereocenters. The molecule has 2 aliphatic heterocycles. The van der Waals surface area contributed by atoms with E-state index < -0.39 is 11.5 Å². The molecule has 0 saturated carbocycles. The van der Waals surface area contributed by atoms with Gasteiger partial charge < -0.3 is 14.5 Å². The Hall–Kier alpha value is -4.30. The summed E-state index contributed by atoms with van der Waals surface area (Å²) in [5, 5.41) is 0.538. The van der Waals surface area contributed by atoms with E-state index >= 15 is 0 Å². The lowest BCUT2D eigenvalue weighted by atomic mass is 9.90. The van der Waals surface area contributed by atoms with Gasteiger partial charge in [0.25, 0.3) is 11.8 Å². The van der Waals surface area contributed by atoms with Gasteiger partial charge in [0, 0.05) is 47.8 Å². The highest BCUT2D eigenvalue weighted by molar-refractivity contribution is 6.30. The summed E-state index contributed by atoms with van der Waals surface area (Å²) >= 11 is 6.17. The van der Waals surface area contributed by atoms with Crippen molar-refractivity contribution in [3.8, 4) is 11.6 Å². The van der Waals surface area contributed by atoms with E-state index in [1.807, 2.05) is 12.1 Å². The highest BCUT2D eigenvalue weighted by atomic mass is 35.5. The van der Waals surface area contributed by atoms with Crippen molar-refractivity contribution >= 4 is 23.4 Å². The molecule has 4 heterocycles. The zero-order chi connectivity index (χ0) is 24.9. The van der Waals surface area contributed by atoms with E-state index in [0.29, 0.717) is 34.0 Å². The summed E-state index contributed by atoms with van der Waals surface area (Å²) in [6.07, 6.45) is 4.71. The standard InChI is InChI=1S/C27H18ClFN4O3/c28-18-5-3-17(4-6-18)27-23-16-30-13-11-21(23)25(34)32(27)14-15-33(27)26(35)22-2-1-12-31-24(22)36-20-9-7-19(29)8-10-20/h1-13,16H,14-15H2. The number of hydrogen-bond acceptors (Lipinski definition) is 5. The van der Waals surface area contributed by atoms with Crippen LogP contribution < -0.4 is 4.74 Å². The summed E-state index contributed by atoms with van der Waals surface area (Å²) in [6, 6.07) is 17.5. The van der Waals surface area contributed by atoms with Crippen LogP contribution in [0.5, 0.6) is 11.6 Å². The predicted molar refractivity (Wildman–Crippen MR) is 129 cm³/mol. The molecule has 1 saturated heterocycles. The van der Waals surface area contributed by atoms with E-state index in [2.05, 4.69) is 9.97 Å². The second-order valence-electron chi connectivity index (χ2n) is 8.43. The number of amides is 2. The molecule has 0 spiro atoms. The van der Waals surface area contributed by atoms with Gasteiger partial charge in [-0.1, -0.05) is 23.7 Å². The fourth-order valence-corrected chi connectivity index (χ4v) is 5.13. The molecule has 0 aliphatic carbocycles. The van der Waals surface area contributed by atoms with Crippen LogP contribution in [0.2, 0.25) is 5.02 Å². The Morgan fingerprint density at radius 1 is 1.00 bits per heavy atom. The molecule has 2 aromatic heterocycles. The monoisotopic (exact) mass is 500 g/mol. The molecule has 2 aromatic carbocycles. The van der Waals surface area contributed by atoms with E-state index in [1.54, 1.807) is 52.5 Å². The van der Waals surface area contributed by atoms with Gasteiger partial charge in [-0.3, -0.25) is 14.6 Å². The van der Waals surface area contributed by atoms with E-state index in [4.69, 9.17) is 16.3 Å². The van der Waals surface area contributed by atoms with E-state index in [0.717, 1.165) is 0 Å². The van der Waals surface area contributed by atoms with Gasteiger partial charge in [-0.25, -0.2) is 9.37 Å². The van der Waals surface area contributed by atoms with Crippen LogP contribution in [0.15, 0.2) is 85.3 Å². The number of carbonyl (C=O) groups is 2. The first-order chi connectivity index (χ1) is 17.5. The van der Waals surface area contributed by atoms with Gasteiger partial charge in [0.05, 0.1) is 5.56 Å². The largest absolute Gasteiger partial charge is 0.438 e. The molecule has 0 radical (unpaired) electrons. The van der Waals surface area contributed by atoms with Crippen molar-refractivity contribution in [3.63, 3.8) is 0 Å². The summed E-state index contributed by atoms with van der Waals surface area (Å²) < 4.78 is 19.2. The lowest BCUT2D eigenvalue weighted by Crippen LogP contribution is -2.51. The number of nitrogens with zero attached hydrogens (tertiary/aromatic N) is 4. The Balaban J connectivity index is 1.49. The Bertz CT molecular complexity index is 1500. The number of aromatic nitrogens is 2. The number of fused-ring (bicyclic) bond motifs is 3. The van der Waals surface area contributed by atoms with Crippen molar-refractivity contribution in [2.24, 2.45) is 0 Å². The fraction of sp³-hybridized carbons (Fsp3) is 0.111. The van der Waals surface area contributed by atoms with Crippen LogP contribution in [0.25, 0.3) is 0 Å². The van der Waals surface area contributed by atoms with Gasteiger partial charge >= 0.3 is 0 Å². The highest BCUT2D eigenvalue weighted by Crippen LogP contribution is 2.50. The lowest BCUT2D eigenvalue weighted by Gasteiger charge is -2.40. The first-order valence-electron chi connectivity index (χ1n) is 11.2. The quantitative estimate of drug-likeness (QED) is 0.399. The summed E-state index contributed by atoms with van der Waals surface area (Å²) in [4.78, 5) is 39.5. The van der Waals surface area contributed by atoms with Crippen LogP contribution in [0, 0.1) is 5.82 Å². The second kappa shape index (κ2) is 8.42. The minimum absolute atomic E-state index is 0.0783. The zero-order valence-corrected chi connectivity index (χ0v) is 19.5. The number of rotatable bonds is 4. The molecular weight excluding hydrogens is 483 g/mol. The Morgan fingerprint density at radius 2 is 1.78 bits per heavy atom. The van der Waals surface area contributed by atoms with Gasteiger partial charge in [0.1, 0.15) is 17.1 Å². The molecule has 1 atom stereocenters. The third-order valence-electron chi connectivity index (χ3n) is 6.52. The molecule has 4 aromatic rings. The minimum atomic E-state index is -1.20. The van der Waals surface area contributed by atoms with Gasteiger partial charge in [0.15, 0.2) is 5.66 Å². The van der Waals surface area contributed by atoms with Gasteiger partial charge in [-0.05, 0) is 54.6 Å². The number of benzene rings is 2. The van der Waals surface area contributed by atoms with Crippen LogP contribution in [-0.4, -0.2) is 44.7 Å². The fourth-order valence-electron chi connectivity index (χ4n) is 5.01. The first-order valence-corrected chi connectivity index (χ1v) is 11.6. The number of halogens is 2. The molecule has 1 fully saturated rings. The maximum atomic E-state index is 14.2. The Kier molecular flexibility index (Phi) is 5.19. The average Bonchev–Trinajstić information content (AvgIpc) is 3.41. The third-order valence-corrected chi connectivity index (χ3v) is 6.77. The Labute approximate surface area is 210 Å². The number of hydrogen-bond donors (Lipinski definition) is 0. The van der Waals surface area contributed by atoms with E-state index in [-0.39, 0.29) is 29.8 Å². The summed E-state index contributed by atoms with van der Waals surface area (Å²) in [5.41, 5.74) is 0.828. The molecule has 0 bridgehead atoms. The lowest BCUT2D eigenvalue weighted by molar-refractivity contribution is 0.0373. The highest BCUT2D eigenvalue weighted by Gasteiger charge is 2.60. The number of pyridine rings is 2. The maximum Gasteiger partial charge on any atom is 0.261 e. The van der Waals surface area contributed by atoms with Gasteiger partial charge in [0.2, 0.25) is 5.88 Å². The summed E-state index contributed by atoms with van der Waals surface area (Å²) in [6.45, 7) is 0.614. The SMILES string of the molecule is O=C1c2ccncc2C2(c3ccc(Cl)cc3)N1CCN2C(=O)c1cccnc1Oc1ccc(F)cc1. The second-order valence-corrected chi connectivity index (χ2v) is 8.86. The molecule has 0 N–H and O–H groups in total. The first kappa shape index (κ1) is 22.2. The van der Waals surface area contributed by atoms with Crippen molar-refractivity contribution in [1.29, 1.82) is 0 Å². The predicted octanol–water partition coefficient (Wildman–Crippen LogP) is 4.87. The average molecular weight is 501 g/mol. The third kappa shape index (κ3) is 3.25. The van der Waals surface area contributed by atoms with Crippen molar-refractivity contribution in [2.75, 3.05) is 13.1 Å². The molecule has 36 heavy (non-hydrogen) atoms. The molecule has 178 valence electrons. The van der Waals surface area contributed by atoms with Crippen LogP contribution >= 0.6 is 11.6 Å². The number of carbonyl (C=O) groups excluding carboxylic acids is 2. The Morgan fingerprint density at radius 3 is 2.56 bits per heavy atom. The molecule has 2 amide bonds. The van der Waals surface area contributed by atoms with Crippen LogP contribution in [0.4, 0.5) is 4.39 Å². The molecule has 9 heteroatoms. The summed E-state index contributed by atoms with van der Waals surface area (Å²) in [7, 11) is 0. The van der Waals surface area contributed by atoms with Crippen LogP contribution in [0.3, 0.4) is 0 Å². The molecule has 6 rings (SSSR count). The summed E-state index contributed by atoms with van der Waals surface area (Å²) in [5.74, 6) is -0.534. The van der Waals surface area contributed by atoms with Gasteiger partial charge in [-0.15, -0.1) is 0 Å². The minimum Gasteiger partial charge on any atom is -0.438 e. The van der Waals surface area contributed by atoms with Crippen molar-refractivity contribution in [3.05, 3.63) is 118 Å². The molecule has 2 aliphatic rings. The smallest absolute Gasteiger partial charge is 0.261 e. The normalized spacial score (nSPS) is 18.2. The number of ether oxygens (including phenoxy) is 1. The van der Waals surface area contributed by atoms with Crippen molar-refractivity contribution in [1.82, 2.24) is 19.8 Å². The van der Waals surface area contributed by atoms with Crippen LogP contribution in [0.1, 0.15) is 31.8 Å². The van der Waals surface area contributed by atoms with Crippen LogP contribution in [-0.2, 0) is 5.66 Å². The van der Waals surface area contributed by atoms with E-state index in [9.17, 15) is 14.0 Å². The van der Waals surface area contributed by atoms with E-state index in [1.165, 1.54) is 30.5 Å². The topological polar surface area (TPSA) is 75.6 Å². The zero-order valence-electron chi connectivity index (χ0n) is 18.8. The van der Waals surface area contributed by atoms with Crippen molar-refractivity contribution < 1.29 is 18.7 Å². The van der Waals surface area contributed by atoms with Crippen molar-refractivity contribution in [2.45, 2.75) is 5.66 Å². The maximum absolute atomic E-state index is 14.2. The van der Waals surface area contributed by atoms with Gasteiger partial charge in [-0.2, -0.15) is 0 Å². The molecule has 7 nitrogen and oxygen atoms in total.